The first-order chi connectivity index (χ1) is 9.72. The van der Waals surface area contributed by atoms with Crippen LogP contribution in [-0.4, -0.2) is 16.1 Å². The van der Waals surface area contributed by atoms with E-state index in [1.54, 1.807) is 23.0 Å². The fourth-order valence-corrected chi connectivity index (χ4v) is 2.87. The van der Waals surface area contributed by atoms with Crippen LogP contribution in [0.2, 0.25) is 0 Å². The molecule has 102 valence electrons. The fraction of sp³-hybridized carbons (Fsp3) is 0.0769. The SMILES string of the molecule is O=C(O)c1cc(OCc2coc(-c3cccs3)n2)cs1. The molecule has 0 aromatic carbocycles. The lowest BCUT2D eigenvalue weighted by Crippen LogP contribution is -1.95. The number of rotatable bonds is 5. The quantitative estimate of drug-likeness (QED) is 0.777. The topological polar surface area (TPSA) is 72.6 Å². The van der Waals surface area contributed by atoms with Crippen LogP contribution in [0, 0.1) is 0 Å². The highest BCUT2D eigenvalue weighted by Gasteiger charge is 2.10. The molecule has 0 unspecified atom stereocenters. The van der Waals surface area contributed by atoms with Gasteiger partial charge in [-0.2, -0.15) is 0 Å². The molecular formula is C13H9NO4S2. The third kappa shape index (κ3) is 2.73. The standard InChI is InChI=1S/C13H9NO4S2/c15-13(16)11-4-9(7-20-11)17-5-8-6-18-12(14-8)10-2-1-3-19-10/h1-4,6-7H,5H2,(H,15,16). The van der Waals surface area contributed by atoms with Crippen LogP contribution in [0.3, 0.4) is 0 Å². The van der Waals surface area contributed by atoms with Crippen molar-refractivity contribution in [2.75, 3.05) is 0 Å². The van der Waals surface area contributed by atoms with Crippen LogP contribution in [0.25, 0.3) is 10.8 Å². The number of carboxylic acids is 1. The van der Waals surface area contributed by atoms with E-state index in [1.165, 1.54) is 6.07 Å². The third-order valence-corrected chi connectivity index (χ3v) is 4.21. The summed E-state index contributed by atoms with van der Waals surface area (Å²) in [5, 5.41) is 12.4. The zero-order chi connectivity index (χ0) is 13.9. The Balaban J connectivity index is 1.65. The van der Waals surface area contributed by atoms with E-state index in [1.807, 2.05) is 17.5 Å². The molecule has 7 heteroatoms. The zero-order valence-electron chi connectivity index (χ0n) is 10.1. The van der Waals surface area contributed by atoms with Gasteiger partial charge in [-0.3, -0.25) is 0 Å². The molecule has 0 aliphatic heterocycles. The Morgan fingerprint density at radius 3 is 3.05 bits per heavy atom. The lowest BCUT2D eigenvalue weighted by Gasteiger charge is -1.98. The smallest absolute Gasteiger partial charge is 0.346 e. The lowest BCUT2D eigenvalue weighted by molar-refractivity contribution is 0.0702. The molecule has 0 bridgehead atoms. The van der Waals surface area contributed by atoms with E-state index in [4.69, 9.17) is 14.3 Å². The van der Waals surface area contributed by atoms with Crippen LogP contribution in [0.15, 0.2) is 39.6 Å². The Kier molecular flexibility index (Phi) is 3.53. The number of ether oxygens (including phenoxy) is 1. The molecule has 3 heterocycles. The Labute approximate surface area is 122 Å². The van der Waals surface area contributed by atoms with Crippen molar-refractivity contribution in [3.63, 3.8) is 0 Å². The molecule has 3 rings (SSSR count). The number of carbonyl (C=O) groups is 1. The van der Waals surface area contributed by atoms with Gasteiger partial charge >= 0.3 is 5.97 Å². The largest absolute Gasteiger partial charge is 0.486 e. The van der Waals surface area contributed by atoms with Crippen molar-refractivity contribution in [3.8, 4) is 16.5 Å². The number of nitrogens with zero attached hydrogens (tertiary/aromatic N) is 1. The second-order valence-electron chi connectivity index (χ2n) is 3.86. The van der Waals surface area contributed by atoms with Crippen molar-refractivity contribution < 1.29 is 19.1 Å². The van der Waals surface area contributed by atoms with E-state index in [9.17, 15) is 4.79 Å². The molecule has 0 spiro atoms. The minimum absolute atomic E-state index is 0.241. The maximum Gasteiger partial charge on any atom is 0.346 e. The van der Waals surface area contributed by atoms with Gasteiger partial charge < -0.3 is 14.3 Å². The number of carboxylic acid groups (broad SMARTS) is 1. The molecule has 0 saturated heterocycles. The van der Waals surface area contributed by atoms with Gasteiger partial charge in [0, 0.05) is 11.4 Å². The molecule has 3 aromatic heterocycles. The summed E-state index contributed by atoms with van der Waals surface area (Å²) < 4.78 is 10.9. The van der Waals surface area contributed by atoms with Gasteiger partial charge in [-0.15, -0.1) is 22.7 Å². The highest BCUT2D eigenvalue weighted by atomic mass is 32.1. The van der Waals surface area contributed by atoms with Crippen molar-refractivity contribution in [3.05, 3.63) is 45.8 Å². The summed E-state index contributed by atoms with van der Waals surface area (Å²) in [6.07, 6.45) is 1.54. The summed E-state index contributed by atoms with van der Waals surface area (Å²) in [7, 11) is 0. The first-order valence-corrected chi connectivity index (χ1v) is 7.41. The van der Waals surface area contributed by atoms with E-state index in [0.29, 0.717) is 17.3 Å². The first-order valence-electron chi connectivity index (χ1n) is 5.65. The van der Waals surface area contributed by atoms with Gasteiger partial charge in [-0.25, -0.2) is 9.78 Å². The monoisotopic (exact) mass is 307 g/mol. The van der Waals surface area contributed by atoms with Gasteiger partial charge in [0.05, 0.1) is 4.88 Å². The molecule has 0 aliphatic carbocycles. The van der Waals surface area contributed by atoms with Gasteiger partial charge in [0.25, 0.3) is 0 Å². The predicted molar refractivity (Wildman–Crippen MR) is 75.4 cm³/mol. The summed E-state index contributed by atoms with van der Waals surface area (Å²) in [5.41, 5.74) is 0.663. The lowest BCUT2D eigenvalue weighted by atomic mass is 10.4. The molecule has 0 fully saturated rings. The summed E-state index contributed by atoms with van der Waals surface area (Å²) in [4.78, 5) is 16.3. The molecule has 0 amide bonds. The van der Waals surface area contributed by atoms with Gasteiger partial charge in [0.1, 0.15) is 29.2 Å². The van der Waals surface area contributed by atoms with Crippen LogP contribution in [0.4, 0.5) is 0 Å². The molecule has 3 aromatic rings. The summed E-state index contributed by atoms with van der Waals surface area (Å²) in [5.74, 6) is 0.134. The Morgan fingerprint density at radius 1 is 1.45 bits per heavy atom. The van der Waals surface area contributed by atoms with E-state index < -0.39 is 5.97 Å². The van der Waals surface area contributed by atoms with Crippen molar-refractivity contribution >= 4 is 28.6 Å². The second kappa shape index (κ2) is 5.48. The van der Waals surface area contributed by atoms with Crippen LogP contribution in [0.1, 0.15) is 15.4 Å². The number of hydrogen-bond acceptors (Lipinski definition) is 6. The van der Waals surface area contributed by atoms with Crippen molar-refractivity contribution in [1.29, 1.82) is 0 Å². The van der Waals surface area contributed by atoms with Gasteiger partial charge in [-0.05, 0) is 11.4 Å². The summed E-state index contributed by atoms with van der Waals surface area (Å²) >= 11 is 2.68. The van der Waals surface area contributed by atoms with E-state index in [2.05, 4.69) is 4.98 Å². The average molecular weight is 307 g/mol. The van der Waals surface area contributed by atoms with Gasteiger partial charge in [0.15, 0.2) is 0 Å². The van der Waals surface area contributed by atoms with Crippen LogP contribution >= 0.6 is 22.7 Å². The molecule has 0 aliphatic rings. The maximum absolute atomic E-state index is 10.8. The number of aromatic carboxylic acids is 1. The van der Waals surface area contributed by atoms with E-state index in [-0.39, 0.29) is 11.5 Å². The predicted octanol–water partition coefficient (Wildman–Crippen LogP) is 3.74. The number of thiophene rings is 2. The minimum Gasteiger partial charge on any atom is -0.486 e. The highest BCUT2D eigenvalue weighted by Crippen LogP contribution is 2.25. The second-order valence-corrected chi connectivity index (χ2v) is 5.72. The minimum atomic E-state index is -0.953. The highest BCUT2D eigenvalue weighted by molar-refractivity contribution is 7.13. The van der Waals surface area contributed by atoms with Gasteiger partial charge in [-0.1, -0.05) is 6.07 Å². The molecule has 0 saturated carbocycles. The summed E-state index contributed by atoms with van der Waals surface area (Å²) in [6.45, 7) is 0.241. The maximum atomic E-state index is 10.8. The first kappa shape index (κ1) is 12.9. The average Bonchev–Trinajstić information content (AvgIpc) is 3.17. The van der Waals surface area contributed by atoms with Crippen molar-refractivity contribution in [2.24, 2.45) is 0 Å². The molecule has 0 radical (unpaired) electrons. The Bertz CT molecular complexity index is 714. The molecule has 20 heavy (non-hydrogen) atoms. The van der Waals surface area contributed by atoms with Crippen molar-refractivity contribution in [1.82, 2.24) is 4.98 Å². The van der Waals surface area contributed by atoms with Crippen LogP contribution in [-0.2, 0) is 6.61 Å². The third-order valence-electron chi connectivity index (χ3n) is 2.46. The molecule has 5 nitrogen and oxygen atoms in total. The number of hydrogen-bond donors (Lipinski definition) is 1. The fourth-order valence-electron chi connectivity index (χ4n) is 1.55. The Hall–Kier alpha value is -2.12. The van der Waals surface area contributed by atoms with Crippen molar-refractivity contribution in [2.45, 2.75) is 6.61 Å². The molecule has 0 atom stereocenters. The van der Waals surface area contributed by atoms with E-state index in [0.717, 1.165) is 16.2 Å². The summed E-state index contributed by atoms with van der Waals surface area (Å²) in [6, 6.07) is 5.35. The van der Waals surface area contributed by atoms with Gasteiger partial charge in [0.2, 0.25) is 5.89 Å². The van der Waals surface area contributed by atoms with Crippen LogP contribution < -0.4 is 4.74 Å². The number of aromatic nitrogens is 1. The van der Waals surface area contributed by atoms with Crippen LogP contribution in [0.5, 0.6) is 5.75 Å². The van der Waals surface area contributed by atoms with E-state index >= 15 is 0 Å². The number of oxazole rings is 1. The Morgan fingerprint density at radius 2 is 2.35 bits per heavy atom. The molecule has 1 N–H and O–H groups in total. The zero-order valence-corrected chi connectivity index (χ0v) is 11.7. The normalized spacial score (nSPS) is 10.6. The molecular weight excluding hydrogens is 298 g/mol.